The lowest BCUT2D eigenvalue weighted by Crippen LogP contribution is -2.38. The van der Waals surface area contributed by atoms with Crippen LogP contribution in [0.2, 0.25) is 0 Å². The molecule has 1 aromatic heterocycles. The number of nitrogens with one attached hydrogen (secondary N) is 1. The summed E-state index contributed by atoms with van der Waals surface area (Å²) in [6.07, 6.45) is 9.89. The molecule has 26 heavy (non-hydrogen) atoms. The third-order valence-corrected chi connectivity index (χ3v) is 5.96. The molecule has 4 nitrogen and oxygen atoms in total. The maximum Gasteiger partial charge on any atom is 0.267 e. The number of fused-ring (bicyclic) bond motifs is 1. The lowest BCUT2D eigenvalue weighted by molar-refractivity contribution is 0.268. The molecule has 1 fully saturated rings. The average molecular weight is 351 g/mol. The van der Waals surface area contributed by atoms with Gasteiger partial charge in [-0.3, -0.25) is 4.79 Å². The van der Waals surface area contributed by atoms with Gasteiger partial charge in [0.1, 0.15) is 0 Å². The van der Waals surface area contributed by atoms with Gasteiger partial charge in [-0.05, 0) is 75.5 Å². The number of hydrogen-bond acceptors (Lipinski definition) is 3. The smallest absolute Gasteiger partial charge is 0.267 e. The fraction of sp³-hybridized carbons (Fsp3) is 0.545. The zero-order chi connectivity index (χ0) is 17.8. The van der Waals surface area contributed by atoms with Gasteiger partial charge < -0.3 is 5.32 Å². The van der Waals surface area contributed by atoms with Gasteiger partial charge in [0.15, 0.2) is 0 Å². The van der Waals surface area contributed by atoms with Crippen LogP contribution in [0.15, 0.2) is 41.2 Å². The quantitative estimate of drug-likeness (QED) is 0.898. The summed E-state index contributed by atoms with van der Waals surface area (Å²) in [4.78, 5) is 12.5. The molecule has 2 aromatic rings. The van der Waals surface area contributed by atoms with E-state index in [1.54, 1.807) is 4.68 Å². The number of benzene rings is 1. The van der Waals surface area contributed by atoms with Crippen molar-refractivity contribution in [3.63, 3.8) is 0 Å². The Morgan fingerprint density at radius 2 is 1.81 bits per heavy atom. The summed E-state index contributed by atoms with van der Waals surface area (Å²) in [5.41, 5.74) is 3.84. The summed E-state index contributed by atoms with van der Waals surface area (Å²) in [7, 11) is 0. The van der Waals surface area contributed by atoms with E-state index >= 15 is 0 Å². The minimum atomic E-state index is 0.103. The van der Waals surface area contributed by atoms with E-state index in [4.69, 9.17) is 5.10 Å². The minimum Gasteiger partial charge on any atom is -0.314 e. The van der Waals surface area contributed by atoms with Crippen molar-refractivity contribution in [2.45, 2.75) is 69.9 Å². The fourth-order valence-electron chi connectivity index (χ4n) is 4.43. The van der Waals surface area contributed by atoms with Crippen LogP contribution < -0.4 is 10.9 Å². The van der Waals surface area contributed by atoms with E-state index < -0.39 is 0 Å². The fourth-order valence-corrected chi connectivity index (χ4v) is 4.43. The van der Waals surface area contributed by atoms with E-state index in [9.17, 15) is 4.79 Å². The summed E-state index contributed by atoms with van der Waals surface area (Å²) in [5.74, 6) is 0. The number of nitrogens with zero attached hydrogens (tertiary/aromatic N) is 2. The van der Waals surface area contributed by atoms with E-state index in [1.165, 1.54) is 29.7 Å². The first-order valence-corrected chi connectivity index (χ1v) is 10.2. The molecule has 4 heteroatoms. The molecule has 0 aliphatic heterocycles. The Morgan fingerprint density at radius 1 is 1.04 bits per heavy atom. The van der Waals surface area contributed by atoms with Gasteiger partial charge in [-0.2, -0.15) is 5.10 Å². The van der Waals surface area contributed by atoms with Crippen LogP contribution in [0.4, 0.5) is 0 Å². The molecule has 2 aliphatic rings. The Bertz CT molecular complexity index is 776. The maximum absolute atomic E-state index is 12.5. The zero-order valence-electron chi connectivity index (χ0n) is 15.5. The van der Waals surface area contributed by atoms with Crippen LogP contribution in [0.3, 0.4) is 0 Å². The summed E-state index contributed by atoms with van der Waals surface area (Å²) < 4.78 is 1.80. The number of hydrogen-bond donors (Lipinski definition) is 1. The zero-order valence-corrected chi connectivity index (χ0v) is 15.5. The highest BCUT2D eigenvalue weighted by molar-refractivity contribution is 5.20. The lowest BCUT2D eigenvalue weighted by Gasteiger charge is -2.30. The molecule has 4 rings (SSSR count). The van der Waals surface area contributed by atoms with Gasteiger partial charge in [0.2, 0.25) is 0 Å². The first-order chi connectivity index (χ1) is 12.8. The van der Waals surface area contributed by atoms with Crippen LogP contribution in [-0.4, -0.2) is 22.4 Å². The second-order valence-electron chi connectivity index (χ2n) is 7.80. The van der Waals surface area contributed by atoms with Gasteiger partial charge in [-0.1, -0.05) is 30.3 Å². The topological polar surface area (TPSA) is 46.9 Å². The van der Waals surface area contributed by atoms with Crippen LogP contribution in [0.25, 0.3) is 0 Å². The van der Waals surface area contributed by atoms with Crippen LogP contribution in [0.5, 0.6) is 0 Å². The molecule has 0 radical (unpaired) electrons. The standard InChI is InChI=1S/C22H29N3O/c26-22-16-18-8-4-5-9-21(18)24-25(22)20-12-10-19(11-13-20)23-15-14-17-6-2-1-3-7-17/h1-3,6-7,16,19-20,23H,4-5,8-15H2. The molecule has 0 saturated heterocycles. The Morgan fingerprint density at radius 3 is 2.62 bits per heavy atom. The molecule has 2 aliphatic carbocycles. The van der Waals surface area contributed by atoms with E-state index in [-0.39, 0.29) is 11.6 Å². The van der Waals surface area contributed by atoms with Gasteiger partial charge in [0.05, 0.1) is 11.7 Å². The van der Waals surface area contributed by atoms with Crippen molar-refractivity contribution in [3.05, 3.63) is 63.6 Å². The highest BCUT2D eigenvalue weighted by Gasteiger charge is 2.24. The first-order valence-electron chi connectivity index (χ1n) is 10.2. The molecule has 0 spiro atoms. The molecule has 0 unspecified atom stereocenters. The van der Waals surface area contributed by atoms with Crippen LogP contribution >= 0.6 is 0 Å². The van der Waals surface area contributed by atoms with Gasteiger partial charge in [-0.15, -0.1) is 0 Å². The molecule has 0 amide bonds. The molecule has 1 N–H and O–H groups in total. The monoisotopic (exact) mass is 351 g/mol. The molecule has 0 atom stereocenters. The predicted octanol–water partition coefficient (Wildman–Crippen LogP) is 3.44. The molecule has 138 valence electrons. The van der Waals surface area contributed by atoms with E-state index in [0.717, 1.165) is 51.5 Å². The van der Waals surface area contributed by atoms with Crippen molar-refractivity contribution in [2.75, 3.05) is 6.54 Å². The SMILES string of the molecule is O=c1cc2c(nn1C1CCC(NCCc3ccccc3)CC1)CCCC2. The second kappa shape index (κ2) is 8.17. The van der Waals surface area contributed by atoms with Crippen molar-refractivity contribution < 1.29 is 0 Å². The van der Waals surface area contributed by atoms with Crippen LogP contribution in [-0.2, 0) is 19.3 Å². The Labute approximate surface area is 155 Å². The average Bonchev–Trinajstić information content (AvgIpc) is 2.69. The van der Waals surface area contributed by atoms with Gasteiger partial charge in [-0.25, -0.2) is 4.68 Å². The van der Waals surface area contributed by atoms with Crippen molar-refractivity contribution in [1.29, 1.82) is 0 Å². The highest BCUT2D eigenvalue weighted by Crippen LogP contribution is 2.28. The molecule has 1 aromatic carbocycles. The molecular formula is C22H29N3O. The Kier molecular flexibility index (Phi) is 5.49. The summed E-state index contributed by atoms with van der Waals surface area (Å²) in [6.45, 7) is 1.02. The largest absolute Gasteiger partial charge is 0.314 e. The molecule has 0 bridgehead atoms. The number of aryl methyl sites for hydroxylation is 2. The summed E-state index contributed by atoms with van der Waals surface area (Å²) >= 11 is 0. The number of rotatable bonds is 5. The Hall–Kier alpha value is -1.94. The van der Waals surface area contributed by atoms with Crippen molar-refractivity contribution in [2.24, 2.45) is 0 Å². The van der Waals surface area contributed by atoms with Gasteiger partial charge in [0, 0.05) is 12.1 Å². The van der Waals surface area contributed by atoms with Crippen LogP contribution in [0, 0.1) is 0 Å². The normalized spacial score (nSPS) is 22.8. The van der Waals surface area contributed by atoms with E-state index in [1.807, 2.05) is 6.07 Å². The highest BCUT2D eigenvalue weighted by atomic mass is 16.1. The van der Waals surface area contributed by atoms with Gasteiger partial charge >= 0.3 is 0 Å². The van der Waals surface area contributed by atoms with Crippen LogP contribution in [0.1, 0.15) is 61.4 Å². The van der Waals surface area contributed by atoms with Crippen molar-refractivity contribution in [3.8, 4) is 0 Å². The lowest BCUT2D eigenvalue weighted by atomic mass is 9.91. The van der Waals surface area contributed by atoms with Crippen molar-refractivity contribution in [1.82, 2.24) is 15.1 Å². The minimum absolute atomic E-state index is 0.103. The second-order valence-corrected chi connectivity index (χ2v) is 7.80. The first kappa shape index (κ1) is 17.5. The third kappa shape index (κ3) is 4.07. The predicted molar refractivity (Wildman–Crippen MR) is 105 cm³/mol. The van der Waals surface area contributed by atoms with Gasteiger partial charge in [0.25, 0.3) is 5.56 Å². The van der Waals surface area contributed by atoms with Crippen molar-refractivity contribution >= 4 is 0 Å². The maximum atomic E-state index is 12.5. The molecule has 1 saturated carbocycles. The van der Waals surface area contributed by atoms with E-state index in [2.05, 4.69) is 35.6 Å². The third-order valence-electron chi connectivity index (χ3n) is 5.96. The molecule has 1 heterocycles. The Balaban J connectivity index is 1.30. The summed E-state index contributed by atoms with van der Waals surface area (Å²) in [6, 6.07) is 13.3. The molecular weight excluding hydrogens is 322 g/mol. The summed E-state index contributed by atoms with van der Waals surface area (Å²) in [5, 5.41) is 8.45. The van der Waals surface area contributed by atoms with E-state index in [0.29, 0.717) is 6.04 Å². The number of aromatic nitrogens is 2.